The van der Waals surface area contributed by atoms with Gasteiger partial charge in [0.25, 0.3) is 0 Å². The number of fused-ring (bicyclic) bond motifs is 1. The molecule has 0 aromatic rings. The van der Waals surface area contributed by atoms with Crippen LogP contribution in [0, 0.1) is 22.7 Å². The van der Waals surface area contributed by atoms with Gasteiger partial charge >= 0.3 is 0 Å². The zero-order valence-electron chi connectivity index (χ0n) is 15.6. The lowest BCUT2D eigenvalue weighted by Gasteiger charge is -2.46. The Kier molecular flexibility index (Phi) is 5.21. The number of carbonyl (C=O) groups excluding carboxylic acids is 2. The minimum atomic E-state index is -0.357. The number of carbonyl (C=O) groups is 2. The van der Waals surface area contributed by atoms with Crippen LogP contribution >= 0.6 is 11.8 Å². The summed E-state index contributed by atoms with van der Waals surface area (Å²) >= 11 is 1.46. The van der Waals surface area contributed by atoms with Crippen molar-refractivity contribution in [2.75, 3.05) is 0 Å². The van der Waals surface area contributed by atoms with Gasteiger partial charge in [-0.1, -0.05) is 65.5 Å². The highest BCUT2D eigenvalue weighted by Gasteiger charge is 2.49. The minimum absolute atomic E-state index is 0.0145. The van der Waals surface area contributed by atoms with Crippen LogP contribution < -0.4 is 0 Å². The second kappa shape index (κ2) is 6.38. The highest BCUT2D eigenvalue weighted by molar-refractivity contribution is 8.14. The summed E-state index contributed by atoms with van der Waals surface area (Å²) in [5, 5.41) is 0.284. The fourth-order valence-electron chi connectivity index (χ4n) is 4.23. The Morgan fingerprint density at radius 2 is 1.91 bits per heavy atom. The molecule has 23 heavy (non-hydrogen) atoms. The summed E-state index contributed by atoms with van der Waals surface area (Å²) < 4.78 is -0.0749. The highest BCUT2D eigenvalue weighted by Crippen LogP contribution is 2.51. The first-order valence-electron chi connectivity index (χ1n) is 8.88. The normalized spacial score (nSPS) is 35.8. The third-order valence-electron chi connectivity index (χ3n) is 5.43. The molecule has 2 nitrogen and oxygen atoms in total. The number of ketones is 1. The lowest BCUT2D eigenvalue weighted by Crippen LogP contribution is -2.46. The molecule has 3 atom stereocenters. The molecule has 1 saturated carbocycles. The SMILES string of the molecule is CC1(C)/C=C\C[C@@]2(C)C(=O)CCC[C@@H]2[C@H](C(=O)SC(C)(C)C)C1. The van der Waals surface area contributed by atoms with Gasteiger partial charge in [0.2, 0.25) is 0 Å². The van der Waals surface area contributed by atoms with E-state index in [1.807, 2.05) is 0 Å². The van der Waals surface area contributed by atoms with E-state index in [9.17, 15) is 9.59 Å². The van der Waals surface area contributed by atoms with Gasteiger partial charge in [-0.3, -0.25) is 9.59 Å². The molecule has 0 heterocycles. The van der Waals surface area contributed by atoms with Gasteiger partial charge in [-0.2, -0.15) is 0 Å². The van der Waals surface area contributed by atoms with Gasteiger partial charge in [-0.15, -0.1) is 0 Å². The Hall–Kier alpha value is -0.570. The maximum absolute atomic E-state index is 13.1. The number of Topliss-reactive ketones (excluding diaryl/α,β-unsaturated/α-hetero) is 1. The van der Waals surface area contributed by atoms with Crippen LogP contribution in [-0.2, 0) is 9.59 Å². The topological polar surface area (TPSA) is 34.1 Å². The highest BCUT2D eigenvalue weighted by atomic mass is 32.2. The van der Waals surface area contributed by atoms with Gasteiger partial charge in [-0.25, -0.2) is 0 Å². The number of thioether (sulfide) groups is 1. The largest absolute Gasteiger partial charge is 0.299 e. The first kappa shape index (κ1) is 18.8. The molecule has 1 fully saturated rings. The second-order valence-electron chi connectivity index (χ2n) is 9.28. The van der Waals surface area contributed by atoms with E-state index < -0.39 is 0 Å². The van der Waals surface area contributed by atoms with Crippen molar-refractivity contribution in [1.82, 2.24) is 0 Å². The quantitative estimate of drug-likeness (QED) is 0.600. The van der Waals surface area contributed by atoms with Crippen molar-refractivity contribution in [2.24, 2.45) is 22.7 Å². The molecule has 2 aliphatic rings. The van der Waals surface area contributed by atoms with Crippen LogP contribution in [0.15, 0.2) is 12.2 Å². The maximum atomic E-state index is 13.1. The molecule has 0 aromatic carbocycles. The Morgan fingerprint density at radius 3 is 2.52 bits per heavy atom. The predicted octanol–water partition coefficient (Wildman–Crippen LogP) is 5.41. The smallest absolute Gasteiger partial charge is 0.192 e. The van der Waals surface area contributed by atoms with Gasteiger partial charge in [-0.05, 0) is 37.0 Å². The maximum Gasteiger partial charge on any atom is 0.192 e. The van der Waals surface area contributed by atoms with Gasteiger partial charge in [0.1, 0.15) is 5.78 Å². The molecule has 0 radical (unpaired) electrons. The van der Waals surface area contributed by atoms with E-state index in [1.165, 1.54) is 11.8 Å². The molecule has 0 bridgehead atoms. The van der Waals surface area contributed by atoms with Crippen LogP contribution in [0.3, 0.4) is 0 Å². The predicted molar refractivity (Wildman–Crippen MR) is 98.5 cm³/mol. The van der Waals surface area contributed by atoms with Gasteiger partial charge < -0.3 is 0 Å². The Bertz CT molecular complexity index is 512. The molecule has 3 heteroatoms. The summed E-state index contributed by atoms with van der Waals surface area (Å²) in [6, 6.07) is 0. The first-order valence-corrected chi connectivity index (χ1v) is 9.70. The molecular weight excluding hydrogens is 304 g/mol. The molecule has 0 aromatic heterocycles. The lowest BCUT2D eigenvalue weighted by atomic mass is 9.57. The van der Waals surface area contributed by atoms with Crippen molar-refractivity contribution < 1.29 is 9.59 Å². The number of hydrogen-bond donors (Lipinski definition) is 0. The summed E-state index contributed by atoms with van der Waals surface area (Å²) in [5.41, 5.74) is -0.343. The van der Waals surface area contributed by atoms with Crippen LogP contribution in [0.5, 0.6) is 0 Å². The Labute approximate surface area is 145 Å². The summed E-state index contributed by atoms with van der Waals surface area (Å²) in [6.45, 7) is 12.8. The molecule has 2 rings (SSSR count). The van der Waals surface area contributed by atoms with Gasteiger partial charge in [0.15, 0.2) is 5.12 Å². The monoisotopic (exact) mass is 336 g/mol. The van der Waals surface area contributed by atoms with E-state index in [0.29, 0.717) is 12.2 Å². The summed E-state index contributed by atoms with van der Waals surface area (Å²) in [7, 11) is 0. The second-order valence-corrected chi connectivity index (χ2v) is 11.1. The van der Waals surface area contributed by atoms with E-state index in [-0.39, 0.29) is 32.5 Å². The molecule has 0 unspecified atom stereocenters. The van der Waals surface area contributed by atoms with E-state index in [0.717, 1.165) is 25.7 Å². The Morgan fingerprint density at radius 1 is 1.26 bits per heavy atom. The van der Waals surface area contributed by atoms with Crippen molar-refractivity contribution in [3.05, 3.63) is 12.2 Å². The molecular formula is C20H32O2S. The average molecular weight is 337 g/mol. The average Bonchev–Trinajstić information content (AvgIpc) is 2.36. The van der Waals surface area contributed by atoms with Crippen LogP contribution in [0.25, 0.3) is 0 Å². The first-order chi connectivity index (χ1) is 10.4. The fourth-order valence-corrected chi connectivity index (χ4v) is 5.23. The zero-order valence-corrected chi connectivity index (χ0v) is 16.4. The van der Waals surface area contributed by atoms with Crippen LogP contribution in [-0.4, -0.2) is 15.6 Å². The number of hydrogen-bond acceptors (Lipinski definition) is 3. The van der Waals surface area contributed by atoms with Crippen LogP contribution in [0.2, 0.25) is 0 Å². The third kappa shape index (κ3) is 4.29. The van der Waals surface area contributed by atoms with E-state index in [2.05, 4.69) is 53.7 Å². The van der Waals surface area contributed by atoms with Crippen molar-refractivity contribution in [1.29, 1.82) is 0 Å². The standard InChI is InChI=1S/C20H32O2S/c1-18(2,3)23-17(22)14-13-19(4,5)11-8-12-20(6)15(14)9-7-10-16(20)21/h8,11,14-15H,7,9-10,12-13H2,1-6H3/b11-8-/t14-,15-,20-/m1/s1. The van der Waals surface area contributed by atoms with Crippen LogP contribution in [0.1, 0.15) is 73.6 Å². The number of allylic oxidation sites excluding steroid dienone is 2. The third-order valence-corrected chi connectivity index (χ3v) is 6.54. The number of rotatable bonds is 1. The molecule has 0 N–H and O–H groups in total. The molecule has 0 spiro atoms. The molecule has 2 aliphatic carbocycles. The summed E-state index contributed by atoms with van der Waals surface area (Å²) in [4.78, 5) is 25.8. The van der Waals surface area contributed by atoms with Gasteiger partial charge in [0, 0.05) is 22.5 Å². The Balaban J connectivity index is 2.40. The molecule has 130 valence electrons. The van der Waals surface area contributed by atoms with Crippen molar-refractivity contribution in [2.45, 2.75) is 78.4 Å². The zero-order chi connectivity index (χ0) is 17.5. The lowest BCUT2D eigenvalue weighted by molar-refractivity contribution is -0.138. The van der Waals surface area contributed by atoms with Crippen molar-refractivity contribution in [3.63, 3.8) is 0 Å². The molecule has 0 saturated heterocycles. The van der Waals surface area contributed by atoms with Crippen LogP contribution in [0.4, 0.5) is 0 Å². The minimum Gasteiger partial charge on any atom is -0.299 e. The fraction of sp³-hybridized carbons (Fsp3) is 0.800. The van der Waals surface area contributed by atoms with E-state index in [1.54, 1.807) is 0 Å². The van der Waals surface area contributed by atoms with E-state index in [4.69, 9.17) is 0 Å². The van der Waals surface area contributed by atoms with Crippen molar-refractivity contribution >= 4 is 22.7 Å². The van der Waals surface area contributed by atoms with Crippen molar-refractivity contribution in [3.8, 4) is 0 Å². The molecule has 0 aliphatic heterocycles. The van der Waals surface area contributed by atoms with E-state index >= 15 is 0 Å². The van der Waals surface area contributed by atoms with Gasteiger partial charge in [0.05, 0.1) is 0 Å². The summed E-state index contributed by atoms with van der Waals surface area (Å²) in [5.74, 6) is 0.528. The summed E-state index contributed by atoms with van der Waals surface area (Å²) in [6.07, 6.45) is 8.66. The molecule has 0 amide bonds.